The van der Waals surface area contributed by atoms with Gasteiger partial charge in [-0.3, -0.25) is 19.2 Å². The van der Waals surface area contributed by atoms with Crippen molar-refractivity contribution in [1.82, 2.24) is 4.57 Å². The van der Waals surface area contributed by atoms with Crippen LogP contribution in [0.15, 0.2) is 152 Å². The first kappa shape index (κ1) is 38.8. The van der Waals surface area contributed by atoms with E-state index in [1.54, 1.807) is 60.5 Å². The van der Waals surface area contributed by atoms with Gasteiger partial charge in [-0.05, 0) is 88.2 Å². The summed E-state index contributed by atoms with van der Waals surface area (Å²) in [5.74, 6) is -0.595. The Hall–Kier alpha value is -6.92. The van der Waals surface area contributed by atoms with Gasteiger partial charge in [-0.25, -0.2) is 0 Å². The van der Waals surface area contributed by atoms with E-state index in [0.717, 1.165) is 44.2 Å². The van der Waals surface area contributed by atoms with Crippen molar-refractivity contribution in [3.8, 4) is 5.69 Å². The summed E-state index contributed by atoms with van der Waals surface area (Å²) in [6.45, 7) is 13.5. The van der Waals surface area contributed by atoms with Crippen LogP contribution in [0.3, 0.4) is 0 Å². The molecule has 0 spiro atoms. The van der Waals surface area contributed by atoms with Crippen molar-refractivity contribution in [2.24, 2.45) is 0 Å². The van der Waals surface area contributed by atoms with Crippen LogP contribution in [-0.2, 0) is 0 Å². The molecule has 0 atom stereocenters. The van der Waals surface area contributed by atoms with E-state index in [2.05, 4.69) is 6.58 Å². The molecular formula is C50H44N2O4. The lowest BCUT2D eigenvalue weighted by atomic mass is 9.99. The molecule has 6 aromatic carbocycles. The smallest absolute Gasteiger partial charge is 0.260 e. The number of aromatic nitrogens is 1. The molecule has 1 aromatic heterocycles. The lowest BCUT2D eigenvalue weighted by Crippen LogP contribution is -2.30. The van der Waals surface area contributed by atoms with E-state index in [-0.39, 0.29) is 28.6 Å². The van der Waals surface area contributed by atoms with E-state index in [1.807, 2.05) is 130 Å². The summed E-state index contributed by atoms with van der Waals surface area (Å²) in [6, 6.07) is 38.4. The normalized spacial score (nSPS) is 11.1. The van der Waals surface area contributed by atoms with Gasteiger partial charge in [0.05, 0.1) is 22.3 Å². The van der Waals surface area contributed by atoms with Crippen molar-refractivity contribution in [3.63, 3.8) is 0 Å². The Morgan fingerprint density at radius 2 is 1.14 bits per heavy atom. The number of ketones is 2. The zero-order valence-corrected chi connectivity index (χ0v) is 32.6. The number of fused-ring (bicyclic) bond motifs is 3. The Morgan fingerprint density at radius 3 is 1.57 bits per heavy atom. The molecule has 1 heterocycles. The average Bonchev–Trinajstić information content (AvgIpc) is 3.55. The van der Waals surface area contributed by atoms with Gasteiger partial charge in [0.15, 0.2) is 17.9 Å². The number of allylic oxidation sites excluding steroid dienone is 3. The van der Waals surface area contributed by atoms with Crippen LogP contribution in [-0.4, -0.2) is 35.4 Å². The summed E-state index contributed by atoms with van der Waals surface area (Å²) in [6.07, 6.45) is 4.56. The number of anilines is 1. The summed E-state index contributed by atoms with van der Waals surface area (Å²) >= 11 is 0. The van der Waals surface area contributed by atoms with Crippen LogP contribution in [0.25, 0.3) is 27.5 Å². The minimum atomic E-state index is -0.334. The fourth-order valence-corrected chi connectivity index (χ4v) is 7.24. The second-order valence-corrected chi connectivity index (χ2v) is 13.9. The molecule has 0 aliphatic heterocycles. The summed E-state index contributed by atoms with van der Waals surface area (Å²) in [7, 11) is 1.73. The van der Waals surface area contributed by atoms with Crippen molar-refractivity contribution < 1.29 is 19.2 Å². The number of aldehydes is 1. The first-order valence-electron chi connectivity index (χ1n) is 18.5. The Balaban J connectivity index is 0.000000822. The molecule has 0 bridgehead atoms. The molecule has 0 N–H and O–H groups in total. The van der Waals surface area contributed by atoms with Gasteiger partial charge in [0.1, 0.15) is 0 Å². The third-order valence-electron chi connectivity index (χ3n) is 10.1. The molecule has 6 nitrogen and oxygen atoms in total. The van der Waals surface area contributed by atoms with Crippen molar-refractivity contribution in [1.29, 1.82) is 0 Å². The maximum atomic E-state index is 14.6. The van der Waals surface area contributed by atoms with E-state index >= 15 is 0 Å². The highest BCUT2D eigenvalue weighted by Gasteiger charge is 2.26. The molecule has 1 amide bonds. The van der Waals surface area contributed by atoms with Gasteiger partial charge >= 0.3 is 0 Å². The Bertz CT molecular complexity index is 2550. The van der Waals surface area contributed by atoms with Crippen molar-refractivity contribution in [2.45, 2.75) is 34.6 Å². The summed E-state index contributed by atoms with van der Waals surface area (Å²) in [5.41, 5.74) is 9.57. The highest BCUT2D eigenvalue weighted by molar-refractivity contribution is 6.19. The lowest BCUT2D eigenvalue weighted by Gasteiger charge is -2.25. The minimum Gasteiger partial charge on any atom is -0.311 e. The zero-order valence-electron chi connectivity index (χ0n) is 32.6. The molecule has 7 aromatic rings. The van der Waals surface area contributed by atoms with Crippen LogP contribution in [0.1, 0.15) is 83.1 Å². The molecular weight excluding hydrogens is 693 g/mol. The average molecular weight is 737 g/mol. The summed E-state index contributed by atoms with van der Waals surface area (Å²) in [4.78, 5) is 56.0. The molecule has 0 fully saturated rings. The van der Waals surface area contributed by atoms with Crippen LogP contribution in [0.5, 0.6) is 0 Å². The predicted octanol–water partition coefficient (Wildman–Crippen LogP) is 11.4. The first-order chi connectivity index (χ1) is 27.0. The van der Waals surface area contributed by atoms with E-state index in [1.165, 1.54) is 5.57 Å². The number of benzene rings is 6. The Labute approximate surface area is 328 Å². The molecule has 0 unspecified atom stereocenters. The fraction of sp³-hybridized carbons (Fsp3) is 0.120. The lowest BCUT2D eigenvalue weighted by molar-refractivity contribution is 0.0985. The molecule has 278 valence electrons. The van der Waals surface area contributed by atoms with Crippen LogP contribution >= 0.6 is 0 Å². The quantitative estimate of drug-likeness (QED) is 0.0840. The third kappa shape index (κ3) is 7.55. The van der Waals surface area contributed by atoms with Gasteiger partial charge in [0, 0.05) is 51.3 Å². The number of carbonyl (C=O) groups is 4. The van der Waals surface area contributed by atoms with Gasteiger partial charge in [0.2, 0.25) is 0 Å². The van der Waals surface area contributed by atoms with E-state index < -0.39 is 0 Å². The number of hydrogen-bond donors (Lipinski definition) is 0. The second-order valence-electron chi connectivity index (χ2n) is 13.9. The molecule has 0 saturated carbocycles. The topological polar surface area (TPSA) is 76.5 Å². The Morgan fingerprint density at radius 1 is 0.643 bits per heavy atom. The van der Waals surface area contributed by atoms with Crippen LogP contribution in [0.4, 0.5) is 5.69 Å². The van der Waals surface area contributed by atoms with Gasteiger partial charge in [0.25, 0.3) is 5.91 Å². The number of nitrogens with zero attached hydrogens (tertiary/aromatic N) is 2. The zero-order chi connectivity index (χ0) is 40.1. The minimum absolute atomic E-state index is 0.130. The van der Waals surface area contributed by atoms with Crippen LogP contribution < -0.4 is 4.90 Å². The van der Waals surface area contributed by atoms with E-state index in [4.69, 9.17) is 0 Å². The summed E-state index contributed by atoms with van der Waals surface area (Å²) < 4.78 is 1.95. The highest BCUT2D eigenvalue weighted by atomic mass is 16.2. The Kier molecular flexibility index (Phi) is 11.5. The largest absolute Gasteiger partial charge is 0.311 e. The van der Waals surface area contributed by atoms with Gasteiger partial charge in [-0.1, -0.05) is 115 Å². The van der Waals surface area contributed by atoms with Crippen LogP contribution in [0.2, 0.25) is 0 Å². The SMILES string of the molecule is C=C/C(C)=C\C.Cc1cc(C)c(N(C)C(=O)c2c(C=O)cccc2-n2c3ccc(C(=O)c4ccccc4)cc3c3cc(C(=O)c4ccccc4)ccc32)c(C)c1. The standard InChI is InChI=1S/C44H34N2O4.C6H10/c1-27-22-28(2)41(29(3)23-27)45(4)44(50)40-34(26-47)16-11-17-39(40)46-37-20-18-32(42(48)30-12-7-5-8-13-30)24-35(37)36-25-33(19-21-38(36)46)43(49)31-14-9-6-10-15-31;1-4-6(3)5-2/h5-26H,1-4H3;4-5H,1H2,2-3H3/b;6-5-. The van der Waals surface area contributed by atoms with Gasteiger partial charge in [-0.15, -0.1) is 0 Å². The number of amides is 1. The first-order valence-corrected chi connectivity index (χ1v) is 18.5. The van der Waals surface area contributed by atoms with Gasteiger partial charge in [-0.2, -0.15) is 0 Å². The van der Waals surface area contributed by atoms with Crippen molar-refractivity contribution >= 4 is 51.3 Å². The number of carbonyl (C=O) groups excluding carboxylic acids is 4. The molecule has 0 radical (unpaired) electrons. The second kappa shape index (κ2) is 16.6. The van der Waals surface area contributed by atoms with E-state index in [0.29, 0.717) is 34.2 Å². The number of rotatable bonds is 9. The summed E-state index contributed by atoms with van der Waals surface area (Å²) in [5, 5.41) is 1.47. The molecule has 6 heteroatoms. The van der Waals surface area contributed by atoms with Crippen LogP contribution in [0, 0.1) is 20.8 Å². The monoisotopic (exact) mass is 736 g/mol. The predicted molar refractivity (Wildman–Crippen MR) is 229 cm³/mol. The number of hydrogen-bond acceptors (Lipinski definition) is 4. The molecule has 56 heavy (non-hydrogen) atoms. The van der Waals surface area contributed by atoms with Crippen molar-refractivity contribution in [2.75, 3.05) is 11.9 Å². The van der Waals surface area contributed by atoms with Gasteiger partial charge < -0.3 is 9.47 Å². The third-order valence-corrected chi connectivity index (χ3v) is 10.1. The number of aryl methyl sites for hydroxylation is 3. The maximum absolute atomic E-state index is 14.6. The maximum Gasteiger partial charge on any atom is 0.260 e. The fourth-order valence-electron chi connectivity index (χ4n) is 7.24. The molecule has 0 saturated heterocycles. The molecule has 0 aliphatic carbocycles. The molecule has 7 rings (SSSR count). The van der Waals surface area contributed by atoms with E-state index in [9.17, 15) is 19.2 Å². The molecule has 0 aliphatic rings. The van der Waals surface area contributed by atoms with Crippen molar-refractivity contribution in [3.05, 3.63) is 202 Å². The highest BCUT2D eigenvalue weighted by Crippen LogP contribution is 2.37.